The van der Waals surface area contributed by atoms with Crippen LogP contribution in [0, 0.1) is 5.41 Å². The molecular weight excluding hydrogens is 318 g/mol. The van der Waals surface area contributed by atoms with E-state index in [-0.39, 0.29) is 10.4 Å². The molecule has 130 valence electrons. The molecule has 1 amide bonds. The molecular formula is C15H25N3O4S. The number of nitrogens with one attached hydrogen (secondary N) is 1. The molecule has 0 unspecified atom stereocenters. The number of thiazole rings is 1. The Morgan fingerprint density at radius 2 is 1.87 bits per heavy atom. The van der Waals surface area contributed by atoms with Gasteiger partial charge in [-0.15, -0.1) is 0 Å². The van der Waals surface area contributed by atoms with Gasteiger partial charge in [-0.05, 0) is 26.2 Å². The van der Waals surface area contributed by atoms with Crippen molar-refractivity contribution in [3.63, 3.8) is 0 Å². The zero-order valence-electron chi connectivity index (χ0n) is 14.7. The first-order valence-corrected chi connectivity index (χ1v) is 8.04. The van der Waals surface area contributed by atoms with E-state index in [0.717, 1.165) is 11.3 Å². The lowest BCUT2D eigenvalue weighted by atomic mass is 9.97. The maximum absolute atomic E-state index is 12.0. The average molecular weight is 343 g/mol. The Balaban J connectivity index is 2.94. The Kier molecular flexibility index (Phi) is 5.98. The summed E-state index contributed by atoms with van der Waals surface area (Å²) in [7, 11) is 1.30. The summed E-state index contributed by atoms with van der Waals surface area (Å²) in [6.45, 7) is 12.0. The number of hydrogen-bond donors (Lipinski definition) is 1. The van der Waals surface area contributed by atoms with Gasteiger partial charge >= 0.3 is 12.1 Å². The quantitative estimate of drug-likeness (QED) is 0.668. The van der Waals surface area contributed by atoms with Crippen LogP contribution in [0.5, 0.6) is 0 Å². The molecule has 0 radical (unpaired) electrons. The van der Waals surface area contributed by atoms with Crippen molar-refractivity contribution < 1.29 is 19.1 Å². The van der Waals surface area contributed by atoms with Gasteiger partial charge in [0.2, 0.25) is 5.01 Å². The maximum atomic E-state index is 12.0. The van der Waals surface area contributed by atoms with Crippen LogP contribution in [0.3, 0.4) is 0 Å². The lowest BCUT2D eigenvalue weighted by molar-refractivity contribution is 0.0516. The van der Waals surface area contributed by atoms with E-state index in [1.165, 1.54) is 13.3 Å². The van der Waals surface area contributed by atoms with Gasteiger partial charge < -0.3 is 9.47 Å². The molecule has 1 aromatic heterocycles. The molecule has 8 heteroatoms. The highest BCUT2D eigenvalue weighted by Crippen LogP contribution is 2.26. The highest BCUT2D eigenvalue weighted by Gasteiger charge is 2.24. The second-order valence-corrected chi connectivity index (χ2v) is 8.26. The van der Waals surface area contributed by atoms with Crippen LogP contribution in [0.1, 0.15) is 51.3 Å². The van der Waals surface area contributed by atoms with Crippen LogP contribution in [0.15, 0.2) is 6.20 Å². The zero-order chi connectivity index (χ0) is 17.8. The van der Waals surface area contributed by atoms with Gasteiger partial charge in [-0.3, -0.25) is 5.01 Å². The smallest absolute Gasteiger partial charge is 0.426 e. The molecule has 0 aliphatic carbocycles. The molecule has 0 saturated carbocycles. The molecule has 0 fully saturated rings. The minimum atomic E-state index is -0.595. The van der Waals surface area contributed by atoms with Gasteiger partial charge in [-0.1, -0.05) is 32.1 Å². The number of amides is 1. The second-order valence-electron chi connectivity index (χ2n) is 7.26. The summed E-state index contributed by atoms with van der Waals surface area (Å²) in [5.41, 5.74) is 2.02. The van der Waals surface area contributed by atoms with Crippen molar-refractivity contribution in [2.75, 3.05) is 18.7 Å². The molecule has 0 atom stereocenters. The normalized spacial score (nSPS) is 11.8. The summed E-state index contributed by atoms with van der Waals surface area (Å²) in [5, 5.41) is 2.50. The Morgan fingerprint density at radius 3 is 2.35 bits per heavy atom. The summed E-state index contributed by atoms with van der Waals surface area (Å²) in [4.78, 5) is 27.6. The summed E-state index contributed by atoms with van der Waals surface area (Å²) in [6.07, 6.45) is 0.967. The van der Waals surface area contributed by atoms with Gasteiger partial charge in [0.05, 0.1) is 13.3 Å². The summed E-state index contributed by atoms with van der Waals surface area (Å²) >= 11 is 1.14. The molecule has 0 aliphatic heterocycles. The fraction of sp³-hybridized carbons (Fsp3) is 0.667. The van der Waals surface area contributed by atoms with Crippen molar-refractivity contribution in [1.82, 2.24) is 10.4 Å². The highest BCUT2D eigenvalue weighted by molar-refractivity contribution is 7.17. The maximum Gasteiger partial charge on any atom is 0.426 e. The molecule has 1 rings (SSSR count). The van der Waals surface area contributed by atoms with Crippen LogP contribution in [-0.2, 0) is 9.47 Å². The highest BCUT2D eigenvalue weighted by atomic mass is 32.1. The number of carbonyl (C=O) groups is 2. The fourth-order valence-corrected chi connectivity index (χ4v) is 2.43. The van der Waals surface area contributed by atoms with Gasteiger partial charge in [0.15, 0.2) is 0 Å². The average Bonchev–Trinajstić information content (AvgIpc) is 2.82. The van der Waals surface area contributed by atoms with Crippen LogP contribution < -0.4 is 10.4 Å². The Morgan fingerprint density at radius 1 is 1.26 bits per heavy atom. The zero-order valence-corrected chi connectivity index (χ0v) is 15.5. The van der Waals surface area contributed by atoms with Crippen molar-refractivity contribution in [3.05, 3.63) is 11.2 Å². The fourth-order valence-electron chi connectivity index (χ4n) is 1.63. The van der Waals surface area contributed by atoms with Gasteiger partial charge in [-0.25, -0.2) is 20.0 Å². The van der Waals surface area contributed by atoms with E-state index >= 15 is 0 Å². The predicted octanol–water partition coefficient (Wildman–Crippen LogP) is 3.22. The standard InChI is InChI=1S/C15H25N3O4S/c1-14(2,3)9-18(17-13(20)22-15(4,5)6)10-8-16-11(23-10)12(19)21-7/h8H,9H2,1-7H3,(H,17,20). The van der Waals surface area contributed by atoms with Gasteiger partial charge in [0, 0.05) is 6.54 Å². The van der Waals surface area contributed by atoms with Crippen molar-refractivity contribution in [1.29, 1.82) is 0 Å². The van der Waals surface area contributed by atoms with E-state index < -0.39 is 17.7 Å². The molecule has 1 N–H and O–H groups in total. The van der Waals surface area contributed by atoms with E-state index in [0.29, 0.717) is 11.5 Å². The van der Waals surface area contributed by atoms with Crippen LogP contribution in [0.4, 0.5) is 9.80 Å². The Labute approximate surface area is 141 Å². The van der Waals surface area contributed by atoms with Gasteiger partial charge in [-0.2, -0.15) is 0 Å². The van der Waals surface area contributed by atoms with Crippen LogP contribution in [-0.4, -0.2) is 36.3 Å². The van der Waals surface area contributed by atoms with Crippen LogP contribution in [0.2, 0.25) is 0 Å². The summed E-state index contributed by atoms with van der Waals surface area (Å²) in [6, 6.07) is 0. The number of carbonyl (C=O) groups excluding carboxylic acids is 2. The number of nitrogens with zero attached hydrogens (tertiary/aromatic N) is 2. The Hall–Kier alpha value is -1.83. The molecule has 1 aromatic rings. The number of esters is 1. The van der Waals surface area contributed by atoms with Gasteiger partial charge in [0.1, 0.15) is 10.6 Å². The van der Waals surface area contributed by atoms with Crippen molar-refractivity contribution in [2.24, 2.45) is 5.41 Å². The first-order valence-electron chi connectivity index (χ1n) is 7.22. The van der Waals surface area contributed by atoms with E-state index in [1.54, 1.807) is 25.8 Å². The monoisotopic (exact) mass is 343 g/mol. The first-order chi connectivity index (χ1) is 10.4. The molecule has 0 saturated heterocycles. The van der Waals surface area contributed by atoms with Gasteiger partial charge in [0.25, 0.3) is 0 Å². The molecule has 0 aliphatic rings. The van der Waals surface area contributed by atoms with E-state index in [1.807, 2.05) is 20.8 Å². The van der Waals surface area contributed by atoms with Crippen molar-refractivity contribution in [2.45, 2.75) is 47.1 Å². The van der Waals surface area contributed by atoms with E-state index in [4.69, 9.17) is 4.74 Å². The lowest BCUT2D eigenvalue weighted by Gasteiger charge is -2.31. The topological polar surface area (TPSA) is 80.8 Å². The molecule has 0 aromatic carbocycles. The first kappa shape index (κ1) is 19.2. The minimum absolute atomic E-state index is 0.0928. The van der Waals surface area contributed by atoms with Crippen molar-refractivity contribution in [3.8, 4) is 0 Å². The molecule has 7 nitrogen and oxygen atoms in total. The third kappa shape index (κ3) is 6.85. The summed E-state index contributed by atoms with van der Waals surface area (Å²) < 4.78 is 9.94. The molecule has 23 heavy (non-hydrogen) atoms. The minimum Gasteiger partial charge on any atom is -0.464 e. The summed E-state index contributed by atoms with van der Waals surface area (Å²) in [5.74, 6) is -0.505. The lowest BCUT2D eigenvalue weighted by Crippen LogP contribution is -2.48. The molecule has 1 heterocycles. The van der Waals surface area contributed by atoms with Crippen LogP contribution >= 0.6 is 11.3 Å². The number of methoxy groups -OCH3 is 1. The Bertz CT molecular complexity index is 558. The third-order valence-electron chi connectivity index (χ3n) is 2.38. The number of hydrazine groups is 1. The third-order valence-corrected chi connectivity index (χ3v) is 3.38. The second kappa shape index (κ2) is 7.16. The SMILES string of the molecule is COC(=O)c1ncc(N(CC(C)(C)C)NC(=O)OC(C)(C)C)s1. The number of rotatable bonds is 4. The largest absolute Gasteiger partial charge is 0.464 e. The number of anilines is 1. The van der Waals surface area contributed by atoms with Crippen molar-refractivity contribution >= 4 is 28.4 Å². The van der Waals surface area contributed by atoms with E-state index in [2.05, 4.69) is 15.1 Å². The van der Waals surface area contributed by atoms with Crippen LogP contribution in [0.25, 0.3) is 0 Å². The molecule has 0 bridgehead atoms. The van der Waals surface area contributed by atoms with E-state index in [9.17, 15) is 9.59 Å². The number of hydrogen-bond acceptors (Lipinski definition) is 7. The molecule has 0 spiro atoms. The number of aromatic nitrogens is 1. The predicted molar refractivity (Wildman–Crippen MR) is 89.6 cm³/mol. The number of ether oxygens (including phenoxy) is 2.